The minimum atomic E-state index is -0.236. The number of piperidine rings is 1. The molecule has 0 spiro atoms. The van der Waals surface area contributed by atoms with E-state index in [-0.39, 0.29) is 17.6 Å². The molecule has 150 valence electrons. The largest absolute Gasteiger partial charge is 0.300 e. The number of rotatable bonds is 5. The smallest absolute Gasteiger partial charge is 0.230 e. The maximum absolute atomic E-state index is 13.1. The van der Waals surface area contributed by atoms with Crippen molar-refractivity contribution in [2.75, 3.05) is 18.4 Å². The van der Waals surface area contributed by atoms with Crippen LogP contribution < -0.4 is 5.32 Å². The van der Waals surface area contributed by atoms with Crippen molar-refractivity contribution in [3.05, 3.63) is 64.9 Å². The van der Waals surface area contributed by atoms with Gasteiger partial charge in [0.05, 0.1) is 5.92 Å². The summed E-state index contributed by atoms with van der Waals surface area (Å²) in [5.41, 5.74) is 1.96. The summed E-state index contributed by atoms with van der Waals surface area (Å²) in [4.78, 5) is 15.0. The predicted octanol–water partition coefficient (Wildman–Crippen LogP) is 4.85. The van der Waals surface area contributed by atoms with Crippen molar-refractivity contribution in [2.45, 2.75) is 19.4 Å². The number of amides is 1. The first-order chi connectivity index (χ1) is 14.1. The van der Waals surface area contributed by atoms with Crippen LogP contribution >= 0.6 is 22.9 Å². The van der Waals surface area contributed by atoms with Crippen LogP contribution in [-0.4, -0.2) is 34.1 Å². The van der Waals surface area contributed by atoms with E-state index in [0.717, 1.165) is 35.5 Å². The molecular weight excluding hydrogens is 411 g/mol. The Bertz CT molecular complexity index is 977. The van der Waals surface area contributed by atoms with E-state index in [2.05, 4.69) is 20.4 Å². The second kappa shape index (κ2) is 8.98. The summed E-state index contributed by atoms with van der Waals surface area (Å²) in [5, 5.41) is 13.1. The van der Waals surface area contributed by atoms with Gasteiger partial charge in [0.1, 0.15) is 10.8 Å². The molecule has 1 unspecified atom stereocenters. The van der Waals surface area contributed by atoms with Gasteiger partial charge in [0.15, 0.2) is 0 Å². The zero-order chi connectivity index (χ0) is 20.2. The molecule has 8 heteroatoms. The molecule has 2 aromatic carbocycles. The number of carbonyl (C=O) groups excluding carboxylic acids is 1. The Balaban J connectivity index is 1.35. The van der Waals surface area contributed by atoms with Gasteiger partial charge in [0.2, 0.25) is 11.0 Å². The quantitative estimate of drug-likeness (QED) is 0.628. The van der Waals surface area contributed by atoms with Crippen molar-refractivity contribution in [3.63, 3.8) is 0 Å². The van der Waals surface area contributed by atoms with Gasteiger partial charge in [-0.25, -0.2) is 4.39 Å². The van der Waals surface area contributed by atoms with Crippen LogP contribution in [0.3, 0.4) is 0 Å². The molecule has 1 aliphatic rings. The third kappa shape index (κ3) is 5.18. The van der Waals surface area contributed by atoms with Gasteiger partial charge in [0, 0.05) is 23.7 Å². The summed E-state index contributed by atoms with van der Waals surface area (Å²) in [6, 6.07) is 13.9. The number of nitrogens with zero attached hydrogens (tertiary/aromatic N) is 3. The maximum atomic E-state index is 13.1. The topological polar surface area (TPSA) is 58.1 Å². The monoisotopic (exact) mass is 430 g/mol. The Morgan fingerprint density at radius 1 is 1.17 bits per heavy atom. The summed E-state index contributed by atoms with van der Waals surface area (Å²) >= 11 is 7.26. The van der Waals surface area contributed by atoms with Gasteiger partial charge in [0.25, 0.3) is 0 Å². The Morgan fingerprint density at radius 2 is 1.93 bits per heavy atom. The molecule has 0 saturated carbocycles. The summed E-state index contributed by atoms with van der Waals surface area (Å²) in [6.07, 6.45) is 1.79. The van der Waals surface area contributed by atoms with Crippen molar-refractivity contribution in [3.8, 4) is 10.6 Å². The molecule has 29 heavy (non-hydrogen) atoms. The standard InChI is InChI=1S/C21H20ClFN4OS/c22-17-7-5-15(6-8-17)20-25-26-21(29-20)24-19(28)16-2-1-11-27(13-16)12-14-3-9-18(23)10-4-14/h3-10,16H,1-2,11-13H2,(H,24,26,28). The van der Waals surface area contributed by atoms with Crippen LogP contribution in [0, 0.1) is 11.7 Å². The molecule has 0 bridgehead atoms. The highest BCUT2D eigenvalue weighted by Crippen LogP contribution is 2.28. The van der Waals surface area contributed by atoms with Crippen molar-refractivity contribution in [2.24, 2.45) is 5.92 Å². The number of hydrogen-bond donors (Lipinski definition) is 1. The lowest BCUT2D eigenvalue weighted by Crippen LogP contribution is -2.40. The van der Waals surface area contributed by atoms with Crippen molar-refractivity contribution in [1.29, 1.82) is 0 Å². The van der Waals surface area contributed by atoms with Crippen LogP contribution in [0.2, 0.25) is 5.02 Å². The van der Waals surface area contributed by atoms with E-state index in [9.17, 15) is 9.18 Å². The zero-order valence-corrected chi connectivity index (χ0v) is 17.2. The molecule has 4 rings (SSSR count). The fourth-order valence-electron chi connectivity index (χ4n) is 3.45. The Hall–Kier alpha value is -2.35. The van der Waals surface area contributed by atoms with E-state index in [1.165, 1.54) is 23.5 Å². The molecule has 1 fully saturated rings. The lowest BCUT2D eigenvalue weighted by molar-refractivity contribution is -0.121. The van der Waals surface area contributed by atoms with Gasteiger partial charge in [-0.3, -0.25) is 9.69 Å². The lowest BCUT2D eigenvalue weighted by Gasteiger charge is -2.31. The summed E-state index contributed by atoms with van der Waals surface area (Å²) in [7, 11) is 0. The van der Waals surface area contributed by atoms with E-state index in [4.69, 9.17) is 11.6 Å². The first-order valence-electron chi connectivity index (χ1n) is 9.44. The first-order valence-corrected chi connectivity index (χ1v) is 10.6. The Labute approximate surface area is 177 Å². The Morgan fingerprint density at radius 3 is 2.69 bits per heavy atom. The number of likely N-dealkylation sites (tertiary alicyclic amines) is 1. The molecule has 1 aromatic heterocycles. The van der Waals surface area contributed by atoms with Gasteiger partial charge in [-0.15, -0.1) is 10.2 Å². The molecule has 1 saturated heterocycles. The average molecular weight is 431 g/mol. The number of anilines is 1. The van der Waals surface area contributed by atoms with Crippen LogP contribution in [0.15, 0.2) is 48.5 Å². The van der Waals surface area contributed by atoms with Crippen LogP contribution in [0.1, 0.15) is 18.4 Å². The van der Waals surface area contributed by atoms with E-state index in [1.54, 1.807) is 24.3 Å². The van der Waals surface area contributed by atoms with Crippen molar-refractivity contribution in [1.82, 2.24) is 15.1 Å². The van der Waals surface area contributed by atoms with Gasteiger partial charge >= 0.3 is 0 Å². The van der Waals surface area contributed by atoms with Gasteiger partial charge < -0.3 is 5.32 Å². The molecule has 5 nitrogen and oxygen atoms in total. The second-order valence-electron chi connectivity index (χ2n) is 7.11. The van der Waals surface area contributed by atoms with Gasteiger partial charge in [-0.2, -0.15) is 0 Å². The fourth-order valence-corrected chi connectivity index (χ4v) is 4.33. The number of carbonyl (C=O) groups is 1. The number of hydrogen-bond acceptors (Lipinski definition) is 5. The highest BCUT2D eigenvalue weighted by molar-refractivity contribution is 7.18. The van der Waals surface area contributed by atoms with Crippen molar-refractivity contribution < 1.29 is 9.18 Å². The number of aromatic nitrogens is 2. The van der Waals surface area contributed by atoms with E-state index in [0.29, 0.717) is 23.2 Å². The van der Waals surface area contributed by atoms with E-state index >= 15 is 0 Å². The number of benzene rings is 2. The highest BCUT2D eigenvalue weighted by atomic mass is 35.5. The van der Waals surface area contributed by atoms with E-state index in [1.807, 2.05) is 12.1 Å². The van der Waals surface area contributed by atoms with Gasteiger partial charge in [-0.1, -0.05) is 47.2 Å². The molecule has 2 heterocycles. The first kappa shape index (κ1) is 19.9. The minimum absolute atomic E-state index is 0.0346. The molecule has 1 aliphatic heterocycles. The van der Waals surface area contributed by atoms with Gasteiger partial charge in [-0.05, 0) is 49.2 Å². The molecule has 0 aliphatic carbocycles. The molecule has 0 radical (unpaired) electrons. The normalized spacial score (nSPS) is 17.2. The third-order valence-corrected chi connectivity index (χ3v) is 6.08. The minimum Gasteiger partial charge on any atom is -0.300 e. The third-order valence-electron chi connectivity index (χ3n) is 4.94. The lowest BCUT2D eigenvalue weighted by atomic mass is 9.97. The van der Waals surface area contributed by atoms with Crippen LogP contribution in [0.4, 0.5) is 9.52 Å². The SMILES string of the molecule is O=C(Nc1nnc(-c2ccc(Cl)cc2)s1)C1CCCN(Cc2ccc(F)cc2)C1. The average Bonchev–Trinajstić information content (AvgIpc) is 3.19. The predicted molar refractivity (Wildman–Crippen MR) is 113 cm³/mol. The number of halogens is 2. The fraction of sp³-hybridized carbons (Fsp3) is 0.286. The summed E-state index contributed by atoms with van der Waals surface area (Å²) in [5.74, 6) is -0.376. The molecule has 1 atom stereocenters. The highest BCUT2D eigenvalue weighted by Gasteiger charge is 2.26. The molecular formula is C21H20ClFN4OS. The van der Waals surface area contributed by atoms with Crippen LogP contribution in [0.5, 0.6) is 0 Å². The van der Waals surface area contributed by atoms with Crippen LogP contribution in [0.25, 0.3) is 10.6 Å². The number of nitrogens with one attached hydrogen (secondary N) is 1. The second-order valence-corrected chi connectivity index (χ2v) is 8.52. The molecule has 3 aromatic rings. The summed E-state index contributed by atoms with van der Waals surface area (Å²) in [6.45, 7) is 2.32. The summed E-state index contributed by atoms with van der Waals surface area (Å²) < 4.78 is 13.1. The van der Waals surface area contributed by atoms with E-state index < -0.39 is 0 Å². The maximum Gasteiger partial charge on any atom is 0.230 e. The van der Waals surface area contributed by atoms with Crippen LogP contribution in [-0.2, 0) is 11.3 Å². The Kier molecular flexibility index (Phi) is 6.18. The van der Waals surface area contributed by atoms with Crippen molar-refractivity contribution >= 4 is 34.0 Å². The zero-order valence-electron chi connectivity index (χ0n) is 15.6. The molecule has 1 N–H and O–H groups in total. The molecule has 1 amide bonds.